The summed E-state index contributed by atoms with van der Waals surface area (Å²) in [6.45, 7) is 12.5. The van der Waals surface area contributed by atoms with Gasteiger partial charge in [-0.05, 0) is 60.1 Å². The van der Waals surface area contributed by atoms with Gasteiger partial charge in [0.25, 0.3) is 5.91 Å². The molecule has 0 saturated carbocycles. The first-order chi connectivity index (χ1) is 20.8. The van der Waals surface area contributed by atoms with E-state index in [1.807, 2.05) is 42.1 Å². The zero-order chi connectivity index (χ0) is 30.9. The number of hydrogen-bond acceptors (Lipinski definition) is 5. The lowest BCUT2D eigenvalue weighted by Gasteiger charge is -2.24. The summed E-state index contributed by atoms with van der Waals surface area (Å²) in [7, 11) is 0. The summed E-state index contributed by atoms with van der Waals surface area (Å²) in [5.41, 5.74) is 4.30. The molecule has 1 aliphatic heterocycles. The molecule has 1 aliphatic rings. The number of thioether (sulfide) groups is 1. The van der Waals surface area contributed by atoms with Crippen LogP contribution in [0.3, 0.4) is 0 Å². The number of nitrogens with one attached hydrogen (secondary N) is 1. The van der Waals surface area contributed by atoms with Crippen molar-refractivity contribution in [2.45, 2.75) is 124 Å². The lowest BCUT2D eigenvalue weighted by atomic mass is 9.86. The number of allylic oxidation sites excluding steroid dienone is 1. The fraction of sp³-hybridized carbons (Fsp3) is 0.595. The third-order valence-electron chi connectivity index (χ3n) is 7.98. The summed E-state index contributed by atoms with van der Waals surface area (Å²) in [6.07, 6.45) is 16.0. The van der Waals surface area contributed by atoms with Crippen LogP contribution in [0.25, 0.3) is 0 Å². The third kappa shape index (κ3) is 14.3. The molecule has 0 saturated heterocycles. The second-order valence-electron chi connectivity index (χ2n) is 12.9. The van der Waals surface area contributed by atoms with Crippen molar-refractivity contribution < 1.29 is 14.3 Å². The topological polar surface area (TPSA) is 50.8 Å². The smallest absolute Gasteiger partial charge is 0.262 e. The predicted octanol–water partition coefficient (Wildman–Crippen LogP) is 11.0. The van der Waals surface area contributed by atoms with Crippen LogP contribution in [0.2, 0.25) is 0 Å². The molecular weight excluding hydrogens is 632 g/mol. The van der Waals surface area contributed by atoms with Gasteiger partial charge in [-0.3, -0.25) is 4.79 Å². The molecule has 1 N–H and O–H groups in total. The van der Waals surface area contributed by atoms with Crippen molar-refractivity contribution in [3.8, 4) is 11.5 Å². The number of rotatable bonds is 20. The predicted molar refractivity (Wildman–Crippen MR) is 194 cm³/mol. The minimum atomic E-state index is -0.174. The molecule has 1 heterocycles. The molecule has 1 amide bonds. The fourth-order valence-electron chi connectivity index (χ4n) is 5.29. The van der Waals surface area contributed by atoms with Crippen molar-refractivity contribution in [3.63, 3.8) is 0 Å². The Kier molecular flexibility index (Phi) is 18.0. The molecule has 3 rings (SSSR count). The van der Waals surface area contributed by atoms with Gasteiger partial charge in [0.2, 0.25) is 0 Å². The highest BCUT2D eigenvalue weighted by Crippen LogP contribution is 2.34. The van der Waals surface area contributed by atoms with E-state index in [-0.39, 0.29) is 34.9 Å². The van der Waals surface area contributed by atoms with Crippen molar-refractivity contribution in [1.29, 1.82) is 0 Å². The van der Waals surface area contributed by atoms with Gasteiger partial charge in [0.05, 0.1) is 12.5 Å². The Hall–Kier alpha value is -2.12. The number of carbonyl (C=O) groups excluding carboxylic acids is 1. The van der Waals surface area contributed by atoms with E-state index in [0.717, 1.165) is 42.4 Å². The quantitative estimate of drug-likeness (QED) is 0.140. The van der Waals surface area contributed by atoms with Crippen LogP contribution in [-0.2, 0) is 16.8 Å². The number of benzene rings is 2. The average molecular weight is 690 g/mol. The number of anilines is 1. The standard InChI is InChI=1S/C37H56N2O3S.BrH/c1-6-7-8-9-10-11-12-13-14-15-16-17-24-41-35-23-22-33(25-34(35)37(3,4)5)42-27-36(40)38-32-20-18-31(19-21-32)26-39-29-43-28-30(39)2;/h18-23,25,28H,6-17,24,26-27,29H2,1-5H3,(H,38,40);1H. The highest BCUT2D eigenvalue weighted by atomic mass is 79.9. The fourth-order valence-corrected chi connectivity index (χ4v) is 6.23. The normalized spacial score (nSPS) is 12.9. The summed E-state index contributed by atoms with van der Waals surface area (Å²) < 4.78 is 12.1. The minimum Gasteiger partial charge on any atom is -0.493 e. The lowest BCUT2D eigenvalue weighted by Crippen LogP contribution is -2.21. The largest absolute Gasteiger partial charge is 0.493 e. The Morgan fingerprint density at radius 3 is 2.05 bits per heavy atom. The molecular formula is C37H57BrN2O3S. The van der Waals surface area contributed by atoms with Crippen molar-refractivity contribution in [3.05, 3.63) is 64.7 Å². The molecule has 5 nitrogen and oxygen atoms in total. The van der Waals surface area contributed by atoms with Crippen molar-refractivity contribution in [2.24, 2.45) is 0 Å². The van der Waals surface area contributed by atoms with Crippen LogP contribution in [0.5, 0.6) is 11.5 Å². The number of nitrogens with zero attached hydrogens (tertiary/aromatic N) is 1. The Morgan fingerprint density at radius 1 is 0.864 bits per heavy atom. The number of hydrogen-bond donors (Lipinski definition) is 1. The van der Waals surface area contributed by atoms with Gasteiger partial charge >= 0.3 is 0 Å². The Morgan fingerprint density at radius 2 is 1.48 bits per heavy atom. The monoisotopic (exact) mass is 688 g/mol. The number of amides is 1. The summed E-state index contributed by atoms with van der Waals surface area (Å²) in [4.78, 5) is 15.0. The van der Waals surface area contributed by atoms with Crippen LogP contribution < -0.4 is 14.8 Å². The number of ether oxygens (including phenoxy) is 2. The maximum absolute atomic E-state index is 12.6. The van der Waals surface area contributed by atoms with Gasteiger partial charge in [-0.15, -0.1) is 28.7 Å². The average Bonchev–Trinajstić information content (AvgIpc) is 3.39. The number of carbonyl (C=O) groups is 1. The Labute approximate surface area is 282 Å². The molecule has 246 valence electrons. The molecule has 2 aromatic rings. The van der Waals surface area contributed by atoms with Crippen molar-refractivity contribution >= 4 is 40.3 Å². The van der Waals surface area contributed by atoms with E-state index in [1.54, 1.807) is 0 Å². The zero-order valence-electron chi connectivity index (χ0n) is 27.9. The van der Waals surface area contributed by atoms with Gasteiger partial charge in [-0.2, -0.15) is 0 Å². The second kappa shape index (κ2) is 20.8. The van der Waals surface area contributed by atoms with E-state index in [9.17, 15) is 4.79 Å². The molecule has 0 radical (unpaired) electrons. The minimum absolute atomic E-state index is 0. The number of halogens is 1. The molecule has 0 unspecified atom stereocenters. The van der Waals surface area contributed by atoms with Gasteiger partial charge in [0.15, 0.2) is 6.61 Å². The van der Waals surface area contributed by atoms with Crippen LogP contribution in [0.4, 0.5) is 5.69 Å². The SMILES string of the molecule is Br.CCCCCCCCCCCCCCOc1ccc(OCC(=O)Nc2ccc(CN3CSC=C3C)cc2)cc1C(C)(C)C. The van der Waals surface area contributed by atoms with E-state index in [0.29, 0.717) is 5.75 Å². The first kappa shape index (κ1) is 38.1. The van der Waals surface area contributed by atoms with Crippen LogP contribution in [0, 0.1) is 0 Å². The lowest BCUT2D eigenvalue weighted by molar-refractivity contribution is -0.118. The summed E-state index contributed by atoms with van der Waals surface area (Å²) in [5.74, 6) is 2.41. The molecule has 0 atom stereocenters. The molecule has 7 heteroatoms. The van der Waals surface area contributed by atoms with Gasteiger partial charge < -0.3 is 19.7 Å². The second-order valence-corrected chi connectivity index (χ2v) is 13.8. The molecule has 0 bridgehead atoms. The van der Waals surface area contributed by atoms with E-state index in [1.165, 1.54) is 81.9 Å². The molecule has 0 aliphatic carbocycles. The van der Waals surface area contributed by atoms with E-state index in [4.69, 9.17) is 9.47 Å². The van der Waals surface area contributed by atoms with Crippen LogP contribution >= 0.6 is 28.7 Å². The van der Waals surface area contributed by atoms with Crippen molar-refractivity contribution in [1.82, 2.24) is 4.90 Å². The van der Waals surface area contributed by atoms with Crippen LogP contribution in [-0.4, -0.2) is 29.9 Å². The molecule has 2 aromatic carbocycles. The maximum Gasteiger partial charge on any atom is 0.262 e. The zero-order valence-corrected chi connectivity index (χ0v) is 30.5. The van der Waals surface area contributed by atoms with Crippen molar-refractivity contribution in [2.75, 3.05) is 24.4 Å². The van der Waals surface area contributed by atoms with Gasteiger partial charge in [0.1, 0.15) is 11.5 Å². The first-order valence-electron chi connectivity index (χ1n) is 16.6. The molecule has 0 spiro atoms. The van der Waals surface area contributed by atoms with E-state index in [2.05, 4.69) is 62.4 Å². The maximum atomic E-state index is 12.6. The Balaban J connectivity index is 0.00000675. The first-order valence-corrected chi connectivity index (χ1v) is 17.6. The molecule has 44 heavy (non-hydrogen) atoms. The van der Waals surface area contributed by atoms with Crippen LogP contribution in [0.1, 0.15) is 123 Å². The highest BCUT2D eigenvalue weighted by Gasteiger charge is 2.20. The third-order valence-corrected chi connectivity index (χ3v) is 8.95. The van der Waals surface area contributed by atoms with E-state index >= 15 is 0 Å². The molecule has 0 fully saturated rings. The molecule has 0 aromatic heterocycles. The number of unbranched alkanes of at least 4 members (excludes halogenated alkanes) is 11. The van der Waals surface area contributed by atoms with Gasteiger partial charge in [-0.25, -0.2) is 0 Å². The van der Waals surface area contributed by atoms with Gasteiger partial charge in [-0.1, -0.05) is 110 Å². The summed E-state index contributed by atoms with van der Waals surface area (Å²) >= 11 is 1.82. The van der Waals surface area contributed by atoms with Crippen LogP contribution in [0.15, 0.2) is 53.6 Å². The highest BCUT2D eigenvalue weighted by molar-refractivity contribution is 8.93. The Bertz CT molecular complexity index is 1130. The summed E-state index contributed by atoms with van der Waals surface area (Å²) in [5, 5.41) is 5.14. The van der Waals surface area contributed by atoms with E-state index < -0.39 is 0 Å². The van der Waals surface area contributed by atoms with Gasteiger partial charge in [0, 0.05) is 23.5 Å². The summed E-state index contributed by atoms with van der Waals surface area (Å²) in [6, 6.07) is 14.0.